The van der Waals surface area contributed by atoms with E-state index in [-0.39, 0.29) is 5.82 Å². The molecule has 0 aliphatic rings. The molecule has 0 atom stereocenters. The molecule has 1 N–H and O–H groups in total. The first kappa shape index (κ1) is 12.7. The Morgan fingerprint density at radius 1 is 1.25 bits per heavy atom. The molecule has 100 valence electrons. The Morgan fingerprint density at radius 3 is 2.80 bits per heavy atom. The van der Waals surface area contributed by atoms with Crippen LogP contribution in [-0.4, -0.2) is 19.7 Å². The number of hydrogen-bond acceptors (Lipinski definition) is 3. The zero-order chi connectivity index (χ0) is 14.1. The predicted molar refractivity (Wildman–Crippen MR) is 76.7 cm³/mol. The molecule has 0 amide bonds. The average molecular weight is 286 g/mol. The molecule has 0 aliphatic heterocycles. The lowest BCUT2D eigenvalue weighted by Crippen LogP contribution is -2.03. The number of nitrogens with one attached hydrogen (secondary N) is 1. The Morgan fingerprint density at radius 2 is 2.10 bits per heavy atom. The van der Waals surface area contributed by atoms with E-state index < -0.39 is 0 Å². The molecule has 3 aromatic rings. The van der Waals surface area contributed by atoms with Crippen LogP contribution in [0, 0.1) is 17.5 Å². The maximum absolute atomic E-state index is 14.2. The molecule has 3 rings (SSSR count). The third kappa shape index (κ3) is 2.04. The predicted octanol–water partition coefficient (Wildman–Crippen LogP) is 3.44. The third-order valence-corrected chi connectivity index (χ3v) is 3.28. The highest BCUT2D eigenvalue weighted by molar-refractivity contribution is 7.71. The molecule has 0 saturated heterocycles. The summed E-state index contributed by atoms with van der Waals surface area (Å²) in [6.45, 7) is 1.83. The maximum Gasteiger partial charge on any atom is 0.200 e. The van der Waals surface area contributed by atoms with Crippen molar-refractivity contribution in [3.8, 4) is 17.1 Å². The molecular weight excluding hydrogens is 275 g/mol. The van der Waals surface area contributed by atoms with Crippen LogP contribution in [0.25, 0.3) is 17.1 Å². The fourth-order valence-electron chi connectivity index (χ4n) is 2.10. The van der Waals surface area contributed by atoms with Crippen molar-refractivity contribution >= 4 is 12.2 Å². The summed E-state index contributed by atoms with van der Waals surface area (Å²) >= 11 is 5.23. The van der Waals surface area contributed by atoms with Crippen molar-refractivity contribution in [3.05, 3.63) is 58.9 Å². The van der Waals surface area contributed by atoms with Gasteiger partial charge in [0.15, 0.2) is 10.6 Å². The van der Waals surface area contributed by atoms with Crippen molar-refractivity contribution in [2.24, 2.45) is 0 Å². The molecule has 2 aromatic heterocycles. The summed E-state index contributed by atoms with van der Waals surface area (Å²) in [4.78, 5) is 4.05. The summed E-state index contributed by atoms with van der Waals surface area (Å²) in [6, 6.07) is 8.56. The maximum atomic E-state index is 14.2. The van der Waals surface area contributed by atoms with Crippen LogP contribution < -0.4 is 0 Å². The van der Waals surface area contributed by atoms with Crippen molar-refractivity contribution in [2.75, 3.05) is 0 Å². The smallest absolute Gasteiger partial charge is 0.200 e. The zero-order valence-electron chi connectivity index (χ0n) is 10.7. The van der Waals surface area contributed by atoms with Crippen LogP contribution in [0.3, 0.4) is 0 Å². The number of rotatable bonds is 2. The van der Waals surface area contributed by atoms with Gasteiger partial charge in [0.05, 0.1) is 5.69 Å². The number of benzene rings is 1. The Labute approximate surface area is 119 Å². The average Bonchev–Trinajstić information content (AvgIpc) is 2.82. The van der Waals surface area contributed by atoms with Gasteiger partial charge in [0.2, 0.25) is 0 Å². The van der Waals surface area contributed by atoms with Crippen LogP contribution in [0.1, 0.15) is 5.56 Å². The lowest BCUT2D eigenvalue weighted by atomic mass is 10.2. The van der Waals surface area contributed by atoms with E-state index in [9.17, 15) is 4.39 Å². The van der Waals surface area contributed by atoms with Gasteiger partial charge < -0.3 is 0 Å². The number of aromatic nitrogens is 4. The van der Waals surface area contributed by atoms with E-state index in [0.29, 0.717) is 16.3 Å². The van der Waals surface area contributed by atoms with Crippen LogP contribution in [-0.2, 0) is 0 Å². The number of aromatic amines is 1. The van der Waals surface area contributed by atoms with Gasteiger partial charge in [-0.25, -0.2) is 4.39 Å². The van der Waals surface area contributed by atoms with Gasteiger partial charge in [-0.15, -0.1) is 0 Å². The van der Waals surface area contributed by atoms with E-state index in [1.54, 1.807) is 29.1 Å². The lowest BCUT2D eigenvalue weighted by Gasteiger charge is -2.10. The molecule has 0 bridgehead atoms. The number of H-pyrrole nitrogens is 1. The van der Waals surface area contributed by atoms with Gasteiger partial charge in [-0.2, -0.15) is 5.10 Å². The van der Waals surface area contributed by atoms with Crippen LogP contribution in [0.5, 0.6) is 0 Å². The first-order valence-corrected chi connectivity index (χ1v) is 6.42. The van der Waals surface area contributed by atoms with E-state index in [1.807, 2.05) is 19.1 Å². The molecule has 0 radical (unpaired) electrons. The summed E-state index contributed by atoms with van der Waals surface area (Å²) in [5.74, 6) is 0.198. The molecule has 0 spiro atoms. The number of para-hydroxylation sites is 1. The van der Waals surface area contributed by atoms with Crippen LogP contribution >= 0.6 is 12.2 Å². The fraction of sp³-hybridized carbons (Fsp3) is 0.0714. The molecule has 0 fully saturated rings. The second-order valence-electron chi connectivity index (χ2n) is 4.33. The van der Waals surface area contributed by atoms with Crippen molar-refractivity contribution in [1.82, 2.24) is 19.7 Å². The SMILES string of the molecule is Cc1cccc(F)c1-n1c(-c2cccnc2)n[nH]c1=S. The molecule has 0 unspecified atom stereocenters. The quantitative estimate of drug-likeness (QED) is 0.734. The van der Waals surface area contributed by atoms with E-state index in [2.05, 4.69) is 15.2 Å². The highest BCUT2D eigenvalue weighted by atomic mass is 32.1. The molecule has 2 heterocycles. The van der Waals surface area contributed by atoms with E-state index in [4.69, 9.17) is 12.2 Å². The summed E-state index contributed by atoms with van der Waals surface area (Å²) in [7, 11) is 0. The van der Waals surface area contributed by atoms with Crippen molar-refractivity contribution in [2.45, 2.75) is 6.92 Å². The number of nitrogens with zero attached hydrogens (tertiary/aromatic N) is 3. The van der Waals surface area contributed by atoms with Crippen molar-refractivity contribution in [1.29, 1.82) is 0 Å². The topological polar surface area (TPSA) is 46.5 Å². The second-order valence-corrected chi connectivity index (χ2v) is 4.72. The summed E-state index contributed by atoms with van der Waals surface area (Å²) < 4.78 is 16.1. The standard InChI is InChI=1S/C14H11FN4S/c1-9-4-2-6-11(15)12(9)19-13(17-18-14(19)20)10-5-3-7-16-8-10/h2-8H,1H3,(H,18,20). The van der Waals surface area contributed by atoms with Gasteiger partial charge in [0.1, 0.15) is 5.82 Å². The molecule has 20 heavy (non-hydrogen) atoms. The number of aryl methyl sites for hydroxylation is 1. The molecule has 4 nitrogen and oxygen atoms in total. The van der Waals surface area contributed by atoms with Gasteiger partial charge in [-0.05, 0) is 42.9 Å². The van der Waals surface area contributed by atoms with Gasteiger partial charge in [-0.1, -0.05) is 12.1 Å². The van der Waals surface area contributed by atoms with Crippen LogP contribution in [0.15, 0.2) is 42.7 Å². The van der Waals surface area contributed by atoms with Crippen molar-refractivity contribution in [3.63, 3.8) is 0 Å². The van der Waals surface area contributed by atoms with E-state index in [1.165, 1.54) is 6.07 Å². The lowest BCUT2D eigenvalue weighted by molar-refractivity contribution is 0.616. The molecule has 0 saturated carbocycles. The highest BCUT2D eigenvalue weighted by Gasteiger charge is 2.15. The first-order chi connectivity index (χ1) is 9.68. The Bertz CT molecular complexity index is 787. The highest BCUT2D eigenvalue weighted by Crippen LogP contribution is 2.24. The Hall–Kier alpha value is -2.34. The molecule has 0 aliphatic carbocycles. The minimum atomic E-state index is -0.340. The molecular formula is C14H11FN4S. The number of pyridine rings is 1. The monoisotopic (exact) mass is 286 g/mol. The van der Waals surface area contributed by atoms with Gasteiger partial charge >= 0.3 is 0 Å². The van der Waals surface area contributed by atoms with Crippen LogP contribution in [0.4, 0.5) is 4.39 Å². The van der Waals surface area contributed by atoms with E-state index in [0.717, 1.165) is 11.1 Å². The fourth-order valence-corrected chi connectivity index (χ4v) is 2.32. The Kier molecular flexibility index (Phi) is 3.15. The number of halogens is 1. The largest absolute Gasteiger partial charge is 0.265 e. The van der Waals surface area contributed by atoms with Crippen molar-refractivity contribution < 1.29 is 4.39 Å². The number of hydrogen-bond donors (Lipinski definition) is 1. The van der Waals surface area contributed by atoms with Gasteiger partial charge in [0, 0.05) is 18.0 Å². The van der Waals surface area contributed by atoms with Crippen LogP contribution in [0.2, 0.25) is 0 Å². The zero-order valence-corrected chi connectivity index (χ0v) is 11.5. The second kappa shape index (κ2) is 4.97. The normalized spacial score (nSPS) is 10.7. The summed E-state index contributed by atoms with van der Waals surface area (Å²) in [6.07, 6.45) is 3.33. The molecule has 6 heteroatoms. The van der Waals surface area contributed by atoms with Gasteiger partial charge in [-0.3, -0.25) is 14.6 Å². The summed E-state index contributed by atoms with van der Waals surface area (Å²) in [5.41, 5.74) is 1.96. The minimum Gasteiger partial charge on any atom is -0.265 e. The molecule has 1 aromatic carbocycles. The van der Waals surface area contributed by atoms with Gasteiger partial charge in [0.25, 0.3) is 0 Å². The first-order valence-electron chi connectivity index (χ1n) is 6.02. The third-order valence-electron chi connectivity index (χ3n) is 3.00. The minimum absolute atomic E-state index is 0.340. The van der Waals surface area contributed by atoms with E-state index >= 15 is 0 Å². The summed E-state index contributed by atoms with van der Waals surface area (Å²) in [5, 5.41) is 6.89. The Balaban J connectivity index is 2.31.